The summed E-state index contributed by atoms with van der Waals surface area (Å²) in [5.74, 6) is -0.352. The molecule has 0 aliphatic carbocycles. The minimum atomic E-state index is -0.453. The molecule has 148 valence electrons. The third-order valence-corrected chi connectivity index (χ3v) is 5.70. The summed E-state index contributed by atoms with van der Waals surface area (Å²) in [7, 11) is 0. The van der Waals surface area contributed by atoms with Crippen molar-refractivity contribution in [1.29, 1.82) is 0 Å². The van der Waals surface area contributed by atoms with Gasteiger partial charge in [0.25, 0.3) is 11.6 Å². The van der Waals surface area contributed by atoms with Crippen LogP contribution in [-0.2, 0) is 4.74 Å². The summed E-state index contributed by atoms with van der Waals surface area (Å²) >= 11 is 1.27. The summed E-state index contributed by atoms with van der Waals surface area (Å²) in [5.41, 5.74) is 4.51. The van der Waals surface area contributed by atoms with E-state index in [1.807, 2.05) is 24.3 Å². The molecule has 2 aromatic carbocycles. The molecule has 1 aromatic heterocycles. The highest BCUT2D eigenvalue weighted by atomic mass is 32.1. The van der Waals surface area contributed by atoms with Crippen molar-refractivity contribution in [3.8, 4) is 0 Å². The summed E-state index contributed by atoms with van der Waals surface area (Å²) in [6.07, 6.45) is 1.58. The van der Waals surface area contributed by atoms with Crippen LogP contribution in [0.15, 0.2) is 53.6 Å². The number of anilines is 1. The van der Waals surface area contributed by atoms with Gasteiger partial charge in [-0.2, -0.15) is 5.10 Å². The molecule has 0 atom stereocenters. The second-order valence-electron chi connectivity index (χ2n) is 6.48. The Morgan fingerprint density at radius 3 is 2.66 bits per heavy atom. The molecule has 1 N–H and O–H groups in total. The fourth-order valence-corrected chi connectivity index (χ4v) is 4.00. The first-order valence-corrected chi connectivity index (χ1v) is 9.86. The van der Waals surface area contributed by atoms with Gasteiger partial charge in [0, 0.05) is 41.0 Å². The molecule has 0 spiro atoms. The topological polar surface area (TPSA) is 97.1 Å². The molecule has 3 aromatic rings. The van der Waals surface area contributed by atoms with E-state index >= 15 is 0 Å². The van der Waals surface area contributed by atoms with Crippen LogP contribution >= 0.6 is 11.3 Å². The van der Waals surface area contributed by atoms with Crippen molar-refractivity contribution in [2.45, 2.75) is 0 Å². The maximum Gasteiger partial charge on any atom is 0.281 e. The normalized spacial score (nSPS) is 14.4. The van der Waals surface area contributed by atoms with Crippen molar-refractivity contribution in [2.24, 2.45) is 5.10 Å². The van der Waals surface area contributed by atoms with E-state index in [0.717, 1.165) is 42.3 Å². The molecule has 1 saturated heterocycles. The summed E-state index contributed by atoms with van der Waals surface area (Å²) in [6, 6.07) is 14.1. The Labute approximate surface area is 170 Å². The van der Waals surface area contributed by atoms with E-state index in [4.69, 9.17) is 4.74 Å². The average Bonchev–Trinajstić information content (AvgIpc) is 3.18. The zero-order valence-corrected chi connectivity index (χ0v) is 16.2. The number of morpholine rings is 1. The van der Waals surface area contributed by atoms with Gasteiger partial charge in [0.1, 0.15) is 0 Å². The number of hydrogen-bond donors (Lipinski definition) is 1. The molecular weight excluding hydrogens is 392 g/mol. The van der Waals surface area contributed by atoms with Crippen molar-refractivity contribution >= 4 is 44.9 Å². The van der Waals surface area contributed by atoms with Gasteiger partial charge in [0.2, 0.25) is 0 Å². The third kappa shape index (κ3) is 4.41. The van der Waals surface area contributed by atoms with Crippen LogP contribution in [0.2, 0.25) is 0 Å². The molecule has 0 radical (unpaired) electrons. The number of hydrazone groups is 1. The van der Waals surface area contributed by atoms with E-state index in [9.17, 15) is 14.9 Å². The van der Waals surface area contributed by atoms with Crippen molar-refractivity contribution in [1.82, 2.24) is 5.43 Å². The molecule has 1 fully saturated rings. The molecule has 1 aliphatic heterocycles. The summed E-state index contributed by atoms with van der Waals surface area (Å²) in [6.45, 7) is 3.23. The van der Waals surface area contributed by atoms with Gasteiger partial charge < -0.3 is 9.64 Å². The Bertz CT molecular complexity index is 1070. The number of non-ortho nitro benzene ring substituents is 1. The second kappa shape index (κ2) is 8.38. The Kier molecular flexibility index (Phi) is 5.50. The second-order valence-corrected chi connectivity index (χ2v) is 7.56. The largest absolute Gasteiger partial charge is 0.378 e. The van der Waals surface area contributed by atoms with Crippen LogP contribution in [0.5, 0.6) is 0 Å². The SMILES string of the molecule is O=C(NN=Cc1ccc(N2CCOCC2)cc1)c1cc2cc([N+](=O)[O-])ccc2s1. The number of thiophene rings is 1. The fraction of sp³-hybridized carbons (Fsp3) is 0.200. The Balaban J connectivity index is 1.39. The van der Waals surface area contributed by atoms with Gasteiger partial charge in [-0.15, -0.1) is 11.3 Å². The van der Waals surface area contributed by atoms with Gasteiger partial charge in [0.15, 0.2) is 0 Å². The lowest BCUT2D eigenvalue weighted by molar-refractivity contribution is -0.384. The maximum atomic E-state index is 12.3. The van der Waals surface area contributed by atoms with Crippen LogP contribution in [0.4, 0.5) is 11.4 Å². The van der Waals surface area contributed by atoms with Crippen LogP contribution in [0.3, 0.4) is 0 Å². The Hall–Kier alpha value is -3.30. The Morgan fingerprint density at radius 2 is 1.93 bits per heavy atom. The highest BCUT2D eigenvalue weighted by Gasteiger charge is 2.13. The molecule has 1 aliphatic rings. The van der Waals surface area contributed by atoms with Crippen LogP contribution in [-0.4, -0.2) is 43.3 Å². The molecule has 0 saturated carbocycles. The summed E-state index contributed by atoms with van der Waals surface area (Å²) in [4.78, 5) is 25.4. The standard InChI is InChI=1S/C20H18N4O4S/c25-20(19-12-15-11-17(24(26)27)5-6-18(15)29-19)22-21-13-14-1-3-16(4-2-14)23-7-9-28-10-8-23/h1-6,11-13H,7-10H2,(H,22,25). The van der Waals surface area contributed by atoms with Gasteiger partial charge in [-0.05, 0) is 29.8 Å². The minimum absolute atomic E-state index is 0.000745. The number of fused-ring (bicyclic) bond motifs is 1. The predicted octanol–water partition coefficient (Wildman–Crippen LogP) is 3.41. The number of benzene rings is 2. The lowest BCUT2D eigenvalue weighted by atomic mass is 10.2. The molecular formula is C20H18N4O4S. The van der Waals surface area contributed by atoms with Crippen LogP contribution in [0.25, 0.3) is 10.1 Å². The number of carbonyl (C=O) groups is 1. The lowest BCUT2D eigenvalue weighted by Gasteiger charge is -2.28. The van der Waals surface area contributed by atoms with Crippen LogP contribution in [0.1, 0.15) is 15.2 Å². The molecule has 29 heavy (non-hydrogen) atoms. The number of ether oxygens (including phenoxy) is 1. The predicted molar refractivity (Wildman–Crippen MR) is 113 cm³/mol. The highest BCUT2D eigenvalue weighted by molar-refractivity contribution is 7.20. The summed E-state index contributed by atoms with van der Waals surface area (Å²) in [5, 5.41) is 15.6. The first-order chi connectivity index (χ1) is 14.1. The number of nitrogens with one attached hydrogen (secondary N) is 1. The highest BCUT2D eigenvalue weighted by Crippen LogP contribution is 2.28. The lowest BCUT2D eigenvalue weighted by Crippen LogP contribution is -2.36. The first-order valence-electron chi connectivity index (χ1n) is 9.04. The number of rotatable bonds is 5. The first kappa shape index (κ1) is 19.0. The number of nitro benzene ring substituents is 1. The molecule has 8 nitrogen and oxygen atoms in total. The van der Waals surface area contributed by atoms with Gasteiger partial charge in [-0.25, -0.2) is 5.43 Å². The number of carbonyl (C=O) groups excluding carboxylic acids is 1. The number of hydrogen-bond acceptors (Lipinski definition) is 7. The zero-order chi connectivity index (χ0) is 20.2. The molecule has 1 amide bonds. The molecule has 0 unspecified atom stereocenters. The van der Waals surface area contributed by atoms with E-state index in [1.54, 1.807) is 18.3 Å². The number of amides is 1. The maximum absolute atomic E-state index is 12.3. The third-order valence-electron chi connectivity index (χ3n) is 4.58. The van der Waals surface area contributed by atoms with E-state index in [0.29, 0.717) is 10.3 Å². The fourth-order valence-electron chi connectivity index (χ4n) is 3.07. The van der Waals surface area contributed by atoms with Gasteiger partial charge >= 0.3 is 0 Å². The van der Waals surface area contributed by atoms with E-state index < -0.39 is 4.92 Å². The van der Waals surface area contributed by atoms with Crippen molar-refractivity contribution in [2.75, 3.05) is 31.2 Å². The van der Waals surface area contributed by atoms with Crippen LogP contribution < -0.4 is 10.3 Å². The zero-order valence-electron chi connectivity index (χ0n) is 15.4. The van der Waals surface area contributed by atoms with Crippen molar-refractivity contribution in [3.05, 3.63) is 69.1 Å². The minimum Gasteiger partial charge on any atom is -0.378 e. The average molecular weight is 410 g/mol. The summed E-state index contributed by atoms with van der Waals surface area (Å²) < 4.78 is 6.17. The van der Waals surface area contributed by atoms with Gasteiger partial charge in [0.05, 0.1) is 29.2 Å². The van der Waals surface area contributed by atoms with Gasteiger partial charge in [-0.1, -0.05) is 12.1 Å². The number of nitro groups is 1. The van der Waals surface area contributed by atoms with Crippen molar-refractivity contribution in [3.63, 3.8) is 0 Å². The van der Waals surface area contributed by atoms with E-state index in [2.05, 4.69) is 15.4 Å². The molecule has 0 bridgehead atoms. The van der Waals surface area contributed by atoms with E-state index in [-0.39, 0.29) is 11.6 Å². The monoisotopic (exact) mass is 410 g/mol. The smallest absolute Gasteiger partial charge is 0.281 e. The quantitative estimate of drug-likeness (QED) is 0.395. The molecule has 4 rings (SSSR count). The van der Waals surface area contributed by atoms with Gasteiger partial charge in [-0.3, -0.25) is 14.9 Å². The van der Waals surface area contributed by atoms with E-state index in [1.165, 1.54) is 23.5 Å². The van der Waals surface area contributed by atoms with Crippen molar-refractivity contribution < 1.29 is 14.5 Å². The molecule has 2 heterocycles. The van der Waals surface area contributed by atoms with Crippen LogP contribution in [0, 0.1) is 10.1 Å². The number of nitrogens with zero attached hydrogens (tertiary/aromatic N) is 3. The molecule has 9 heteroatoms. The Morgan fingerprint density at radius 1 is 1.17 bits per heavy atom.